The summed E-state index contributed by atoms with van der Waals surface area (Å²) in [6.45, 7) is 5.11. The van der Waals surface area contributed by atoms with Gasteiger partial charge in [0.25, 0.3) is 0 Å². The lowest BCUT2D eigenvalue weighted by atomic mass is 9.86. The van der Waals surface area contributed by atoms with Crippen LogP contribution in [-0.4, -0.2) is 47.6 Å². The fourth-order valence-electron chi connectivity index (χ4n) is 4.50. The van der Waals surface area contributed by atoms with Gasteiger partial charge in [0.2, 0.25) is 0 Å². The van der Waals surface area contributed by atoms with Crippen molar-refractivity contribution in [2.24, 2.45) is 0 Å². The smallest absolute Gasteiger partial charge is 0.0603 e. The minimum atomic E-state index is 0.457. The van der Waals surface area contributed by atoms with Gasteiger partial charge in [0.05, 0.1) is 18.6 Å². The zero-order valence-corrected chi connectivity index (χ0v) is 12.7. The van der Waals surface area contributed by atoms with Crippen LogP contribution in [-0.2, 0) is 0 Å². The number of nitrogens with one attached hydrogen (secondary N) is 1. The number of nitrogens with zero attached hydrogens (tertiary/aromatic N) is 2. The number of hydrogen-bond donors (Lipinski definition) is 1. The van der Waals surface area contributed by atoms with Crippen molar-refractivity contribution in [2.45, 2.75) is 44.3 Å². The van der Waals surface area contributed by atoms with Gasteiger partial charge in [-0.15, -0.1) is 6.42 Å². The van der Waals surface area contributed by atoms with E-state index in [9.17, 15) is 0 Å². The van der Waals surface area contributed by atoms with E-state index >= 15 is 0 Å². The first-order valence-electron chi connectivity index (χ1n) is 8.05. The summed E-state index contributed by atoms with van der Waals surface area (Å²) in [5.74, 6) is 2.86. The zero-order chi connectivity index (χ0) is 14.4. The van der Waals surface area contributed by atoms with Crippen LogP contribution in [0.5, 0.6) is 0 Å². The Hall–Kier alpha value is -1.50. The van der Waals surface area contributed by atoms with Gasteiger partial charge in [-0.05, 0) is 43.4 Å². The number of allylic oxidation sites excluding steroid dienone is 2. The van der Waals surface area contributed by atoms with Crippen LogP contribution in [0.15, 0.2) is 35.2 Å². The van der Waals surface area contributed by atoms with Gasteiger partial charge in [-0.3, -0.25) is 4.90 Å². The molecule has 110 valence electrons. The van der Waals surface area contributed by atoms with E-state index in [2.05, 4.69) is 46.3 Å². The molecular formula is C18H23N3. The van der Waals surface area contributed by atoms with Gasteiger partial charge in [-0.1, -0.05) is 12.0 Å². The van der Waals surface area contributed by atoms with E-state index in [1.54, 1.807) is 5.57 Å². The van der Waals surface area contributed by atoms with Gasteiger partial charge in [-0.2, -0.15) is 0 Å². The van der Waals surface area contributed by atoms with Gasteiger partial charge in [0.1, 0.15) is 0 Å². The lowest BCUT2D eigenvalue weighted by Crippen LogP contribution is -2.66. The Morgan fingerprint density at radius 1 is 1.48 bits per heavy atom. The molecule has 0 amide bonds. The van der Waals surface area contributed by atoms with Crippen molar-refractivity contribution in [3.8, 4) is 12.3 Å². The van der Waals surface area contributed by atoms with E-state index in [0.717, 1.165) is 19.6 Å². The van der Waals surface area contributed by atoms with Crippen LogP contribution in [0.2, 0.25) is 0 Å². The van der Waals surface area contributed by atoms with E-state index in [-0.39, 0.29) is 0 Å². The Balaban J connectivity index is 1.71. The highest BCUT2D eigenvalue weighted by Gasteiger charge is 2.46. The van der Waals surface area contributed by atoms with Crippen molar-refractivity contribution in [1.29, 1.82) is 0 Å². The summed E-state index contributed by atoms with van der Waals surface area (Å²) in [7, 11) is 0. The summed E-state index contributed by atoms with van der Waals surface area (Å²) in [6.07, 6.45) is 16.2. The van der Waals surface area contributed by atoms with Gasteiger partial charge in [0.15, 0.2) is 0 Å². The normalized spacial score (nSPS) is 35.0. The number of fused-ring (bicyclic) bond motifs is 4. The fourth-order valence-corrected chi connectivity index (χ4v) is 4.50. The SMILES string of the molecule is C#CCN1CCNC2C(C)=CN3C4=C(CCC=C4)CC3C21. The molecule has 1 fully saturated rings. The molecule has 0 aromatic heterocycles. The Kier molecular flexibility index (Phi) is 3.17. The van der Waals surface area contributed by atoms with Crippen molar-refractivity contribution in [2.75, 3.05) is 19.6 Å². The summed E-state index contributed by atoms with van der Waals surface area (Å²) in [5, 5.41) is 3.71. The van der Waals surface area contributed by atoms with Gasteiger partial charge in [0, 0.05) is 31.0 Å². The lowest BCUT2D eigenvalue weighted by Gasteiger charge is -2.50. The molecule has 3 unspecified atom stereocenters. The second-order valence-electron chi connectivity index (χ2n) is 6.58. The highest BCUT2D eigenvalue weighted by atomic mass is 15.3. The van der Waals surface area contributed by atoms with Gasteiger partial charge in [-0.25, -0.2) is 0 Å². The molecule has 3 heteroatoms. The first kappa shape index (κ1) is 13.2. The standard InChI is InChI=1S/C18H23N3/c1-3-9-20-10-8-19-17-13(2)12-21-15-7-5-4-6-14(15)11-16(21)18(17)20/h1,5,7,12,16-19H,4,6,8-11H2,2H3. The van der Waals surface area contributed by atoms with E-state index in [0.29, 0.717) is 18.1 Å². The molecule has 1 N–H and O–H groups in total. The molecule has 1 saturated heterocycles. The van der Waals surface area contributed by atoms with Crippen LogP contribution < -0.4 is 5.32 Å². The monoisotopic (exact) mass is 281 g/mol. The predicted octanol–water partition coefficient (Wildman–Crippen LogP) is 1.86. The third kappa shape index (κ3) is 1.97. The first-order valence-corrected chi connectivity index (χ1v) is 8.05. The zero-order valence-electron chi connectivity index (χ0n) is 12.7. The number of hydrogen-bond acceptors (Lipinski definition) is 3. The summed E-state index contributed by atoms with van der Waals surface area (Å²) in [6, 6.07) is 1.50. The molecule has 0 saturated carbocycles. The fraction of sp³-hybridized carbons (Fsp3) is 0.556. The second kappa shape index (κ2) is 5.05. The Morgan fingerprint density at radius 2 is 2.38 bits per heavy atom. The molecule has 3 nitrogen and oxygen atoms in total. The molecule has 0 spiro atoms. The second-order valence-corrected chi connectivity index (χ2v) is 6.58. The Labute approximate surface area is 127 Å². The number of terminal acetylenes is 1. The molecule has 4 rings (SSSR count). The molecule has 1 aliphatic carbocycles. The van der Waals surface area contributed by atoms with Crippen molar-refractivity contribution in [1.82, 2.24) is 15.1 Å². The van der Waals surface area contributed by atoms with Crippen molar-refractivity contribution in [3.05, 3.63) is 35.2 Å². The largest absolute Gasteiger partial charge is 0.343 e. The lowest BCUT2D eigenvalue weighted by molar-refractivity contribution is 0.0789. The molecular weight excluding hydrogens is 258 g/mol. The molecule has 0 aromatic rings. The van der Waals surface area contributed by atoms with Crippen molar-refractivity contribution < 1.29 is 0 Å². The maximum absolute atomic E-state index is 5.61. The van der Waals surface area contributed by atoms with E-state index in [4.69, 9.17) is 6.42 Å². The Morgan fingerprint density at radius 3 is 3.24 bits per heavy atom. The minimum absolute atomic E-state index is 0.457. The summed E-state index contributed by atoms with van der Waals surface area (Å²) < 4.78 is 0. The van der Waals surface area contributed by atoms with E-state index < -0.39 is 0 Å². The molecule has 3 atom stereocenters. The van der Waals surface area contributed by atoms with Crippen LogP contribution in [0.25, 0.3) is 0 Å². The van der Waals surface area contributed by atoms with Gasteiger partial charge >= 0.3 is 0 Å². The van der Waals surface area contributed by atoms with Crippen LogP contribution in [0.3, 0.4) is 0 Å². The molecule has 0 aromatic carbocycles. The van der Waals surface area contributed by atoms with Crippen LogP contribution >= 0.6 is 0 Å². The topological polar surface area (TPSA) is 18.5 Å². The maximum atomic E-state index is 5.61. The van der Waals surface area contributed by atoms with Crippen LogP contribution in [0.4, 0.5) is 0 Å². The third-order valence-corrected chi connectivity index (χ3v) is 5.39. The quantitative estimate of drug-likeness (QED) is 0.740. The molecule has 3 heterocycles. The summed E-state index contributed by atoms with van der Waals surface area (Å²) >= 11 is 0. The molecule has 0 radical (unpaired) electrons. The van der Waals surface area contributed by atoms with E-state index in [1.807, 2.05) is 0 Å². The Bertz CT molecular complexity index is 578. The van der Waals surface area contributed by atoms with Gasteiger partial charge < -0.3 is 10.2 Å². The highest BCUT2D eigenvalue weighted by molar-refractivity contribution is 5.40. The minimum Gasteiger partial charge on any atom is -0.343 e. The highest BCUT2D eigenvalue weighted by Crippen LogP contribution is 2.42. The molecule has 4 aliphatic rings. The maximum Gasteiger partial charge on any atom is 0.0603 e. The molecule has 0 bridgehead atoms. The molecule has 3 aliphatic heterocycles. The molecule has 21 heavy (non-hydrogen) atoms. The summed E-state index contributed by atoms with van der Waals surface area (Å²) in [5.41, 5.74) is 4.53. The number of rotatable bonds is 1. The van der Waals surface area contributed by atoms with Crippen molar-refractivity contribution in [3.63, 3.8) is 0 Å². The van der Waals surface area contributed by atoms with Crippen LogP contribution in [0.1, 0.15) is 26.2 Å². The van der Waals surface area contributed by atoms with E-state index in [1.165, 1.54) is 30.5 Å². The number of piperazine rings is 1. The van der Waals surface area contributed by atoms with Crippen molar-refractivity contribution >= 4 is 0 Å². The third-order valence-electron chi connectivity index (χ3n) is 5.39. The first-order chi connectivity index (χ1) is 10.3. The average Bonchev–Trinajstić information content (AvgIpc) is 2.87. The predicted molar refractivity (Wildman–Crippen MR) is 85.4 cm³/mol. The average molecular weight is 281 g/mol. The van der Waals surface area contributed by atoms with Crippen LogP contribution in [0, 0.1) is 12.3 Å². The summed E-state index contributed by atoms with van der Waals surface area (Å²) in [4.78, 5) is 5.04.